The normalized spacial score (nSPS) is 20.6. The smallest absolute Gasteiger partial charge is 0.154 e. The first-order chi connectivity index (χ1) is 6.56. The van der Waals surface area contributed by atoms with E-state index in [2.05, 4.69) is 4.90 Å². The van der Waals surface area contributed by atoms with Gasteiger partial charge in [0.05, 0.1) is 17.1 Å². The molecule has 0 N–H and O–H groups in total. The van der Waals surface area contributed by atoms with Gasteiger partial charge in [0.1, 0.15) is 0 Å². The molecule has 0 radical (unpaired) electrons. The van der Waals surface area contributed by atoms with Gasteiger partial charge in [0, 0.05) is 6.42 Å². The fourth-order valence-electron chi connectivity index (χ4n) is 1.70. The Balaban J connectivity index is 2.52. The number of hydrogen-bond acceptors (Lipinski definition) is 4. The van der Waals surface area contributed by atoms with E-state index in [1.807, 2.05) is 13.1 Å². The third-order valence-electron chi connectivity index (χ3n) is 2.67. The van der Waals surface area contributed by atoms with E-state index in [1.54, 1.807) is 0 Å². The summed E-state index contributed by atoms with van der Waals surface area (Å²) < 4.78 is 23.4. The molecule has 0 aliphatic carbocycles. The van der Waals surface area contributed by atoms with Gasteiger partial charge in [0.25, 0.3) is 0 Å². The summed E-state index contributed by atoms with van der Waals surface area (Å²) in [5.74, 6) is 0.0257. The lowest BCUT2D eigenvalue weighted by Gasteiger charge is -2.28. The molecule has 1 fully saturated rings. The molecule has 0 aromatic carbocycles. The number of piperidine rings is 1. The molecular formula is C9H16N2O2S. The molecule has 1 aliphatic rings. The first-order valence-corrected chi connectivity index (χ1v) is 6.55. The average Bonchev–Trinajstić information content (AvgIpc) is 2.16. The van der Waals surface area contributed by atoms with Crippen molar-refractivity contribution in [3.8, 4) is 6.07 Å². The largest absolute Gasteiger partial charge is 0.306 e. The van der Waals surface area contributed by atoms with Crippen LogP contribution in [0.1, 0.15) is 19.3 Å². The van der Waals surface area contributed by atoms with Gasteiger partial charge in [0.2, 0.25) is 0 Å². The van der Waals surface area contributed by atoms with Crippen molar-refractivity contribution in [2.45, 2.75) is 24.5 Å². The SMILES string of the molecule is CN1CCC(S(=O)(=O)CCC#N)CC1. The third-order valence-corrected chi connectivity index (χ3v) is 4.93. The van der Waals surface area contributed by atoms with Gasteiger partial charge in [-0.2, -0.15) is 5.26 Å². The van der Waals surface area contributed by atoms with Gasteiger partial charge in [0.15, 0.2) is 9.84 Å². The fraction of sp³-hybridized carbons (Fsp3) is 0.889. The maximum atomic E-state index is 11.7. The molecule has 0 aromatic rings. The summed E-state index contributed by atoms with van der Waals surface area (Å²) in [6, 6.07) is 1.88. The Kier molecular flexibility index (Phi) is 3.90. The molecule has 0 spiro atoms. The van der Waals surface area contributed by atoms with Gasteiger partial charge in [-0.3, -0.25) is 0 Å². The summed E-state index contributed by atoms with van der Waals surface area (Å²) >= 11 is 0. The van der Waals surface area contributed by atoms with Crippen LogP contribution in [0.4, 0.5) is 0 Å². The Morgan fingerprint density at radius 2 is 2.00 bits per heavy atom. The third kappa shape index (κ3) is 2.96. The Bertz CT molecular complexity index is 310. The minimum absolute atomic E-state index is 0.0257. The molecule has 0 bridgehead atoms. The number of sulfone groups is 1. The van der Waals surface area contributed by atoms with Crippen molar-refractivity contribution >= 4 is 9.84 Å². The van der Waals surface area contributed by atoms with Crippen LogP contribution in [0.15, 0.2) is 0 Å². The van der Waals surface area contributed by atoms with Gasteiger partial charge in [-0.05, 0) is 33.0 Å². The fourth-order valence-corrected chi connectivity index (χ4v) is 3.34. The predicted molar refractivity (Wildman–Crippen MR) is 54.5 cm³/mol. The van der Waals surface area contributed by atoms with Crippen molar-refractivity contribution in [3.63, 3.8) is 0 Å². The van der Waals surface area contributed by atoms with E-state index in [4.69, 9.17) is 5.26 Å². The first-order valence-electron chi connectivity index (χ1n) is 4.83. The van der Waals surface area contributed by atoms with E-state index < -0.39 is 9.84 Å². The summed E-state index contributed by atoms with van der Waals surface area (Å²) in [6.07, 6.45) is 1.54. The van der Waals surface area contributed by atoms with Gasteiger partial charge < -0.3 is 4.90 Å². The minimum atomic E-state index is -3.02. The molecule has 1 saturated heterocycles. The van der Waals surface area contributed by atoms with Crippen LogP contribution in [-0.2, 0) is 9.84 Å². The lowest BCUT2D eigenvalue weighted by molar-refractivity contribution is 0.278. The van der Waals surface area contributed by atoms with Crippen molar-refractivity contribution in [2.75, 3.05) is 25.9 Å². The quantitative estimate of drug-likeness (QED) is 0.685. The van der Waals surface area contributed by atoms with Gasteiger partial charge in [-0.25, -0.2) is 8.42 Å². The molecule has 0 amide bonds. The molecule has 5 heteroatoms. The highest BCUT2D eigenvalue weighted by molar-refractivity contribution is 7.92. The van der Waals surface area contributed by atoms with E-state index >= 15 is 0 Å². The lowest BCUT2D eigenvalue weighted by atomic mass is 10.1. The second kappa shape index (κ2) is 4.76. The Hall–Kier alpha value is -0.600. The zero-order valence-electron chi connectivity index (χ0n) is 8.44. The molecule has 0 saturated carbocycles. The van der Waals surface area contributed by atoms with Gasteiger partial charge >= 0.3 is 0 Å². The average molecular weight is 216 g/mol. The van der Waals surface area contributed by atoms with E-state index in [0.717, 1.165) is 13.1 Å². The minimum Gasteiger partial charge on any atom is -0.306 e. The summed E-state index contributed by atoms with van der Waals surface area (Å²) in [6.45, 7) is 1.69. The summed E-state index contributed by atoms with van der Waals surface area (Å²) in [5.41, 5.74) is 0. The van der Waals surface area contributed by atoms with E-state index in [1.165, 1.54) is 0 Å². The zero-order valence-corrected chi connectivity index (χ0v) is 9.26. The number of nitriles is 1. The second-order valence-corrected chi connectivity index (χ2v) is 6.18. The van der Waals surface area contributed by atoms with E-state index in [-0.39, 0.29) is 17.4 Å². The number of hydrogen-bond donors (Lipinski definition) is 0. The molecule has 1 aliphatic heterocycles. The van der Waals surface area contributed by atoms with Crippen LogP contribution in [0.2, 0.25) is 0 Å². The maximum Gasteiger partial charge on any atom is 0.154 e. The highest BCUT2D eigenvalue weighted by Gasteiger charge is 2.28. The maximum absolute atomic E-state index is 11.7. The van der Waals surface area contributed by atoms with Crippen molar-refractivity contribution in [1.82, 2.24) is 4.90 Å². The van der Waals surface area contributed by atoms with Crippen molar-refractivity contribution in [1.29, 1.82) is 5.26 Å². The molecule has 4 nitrogen and oxygen atoms in total. The molecule has 0 unspecified atom stereocenters. The van der Waals surface area contributed by atoms with Crippen molar-refractivity contribution < 1.29 is 8.42 Å². The first kappa shape index (κ1) is 11.5. The van der Waals surface area contributed by atoms with Crippen LogP contribution in [0.5, 0.6) is 0 Å². The Morgan fingerprint density at radius 3 is 2.50 bits per heavy atom. The van der Waals surface area contributed by atoms with Crippen LogP contribution in [-0.4, -0.2) is 44.5 Å². The molecule has 1 heterocycles. The summed E-state index contributed by atoms with van der Waals surface area (Å²) in [7, 11) is -1.02. The monoisotopic (exact) mass is 216 g/mol. The molecule has 14 heavy (non-hydrogen) atoms. The van der Waals surface area contributed by atoms with Crippen LogP contribution in [0, 0.1) is 11.3 Å². The number of likely N-dealkylation sites (tertiary alicyclic amines) is 1. The van der Waals surface area contributed by atoms with E-state index in [9.17, 15) is 8.42 Å². The zero-order chi connectivity index (χ0) is 10.6. The molecule has 0 aromatic heterocycles. The van der Waals surface area contributed by atoms with Crippen LogP contribution in [0.3, 0.4) is 0 Å². The van der Waals surface area contributed by atoms with Gasteiger partial charge in [-0.15, -0.1) is 0 Å². The van der Waals surface area contributed by atoms with Crippen molar-refractivity contribution in [2.24, 2.45) is 0 Å². The van der Waals surface area contributed by atoms with Crippen LogP contribution >= 0.6 is 0 Å². The molecule has 0 atom stereocenters. The number of nitrogens with zero attached hydrogens (tertiary/aromatic N) is 2. The van der Waals surface area contributed by atoms with Crippen molar-refractivity contribution in [3.05, 3.63) is 0 Å². The van der Waals surface area contributed by atoms with E-state index in [0.29, 0.717) is 12.8 Å². The second-order valence-electron chi connectivity index (χ2n) is 3.78. The lowest BCUT2D eigenvalue weighted by Crippen LogP contribution is -2.37. The molecular weight excluding hydrogens is 200 g/mol. The summed E-state index contributed by atoms with van der Waals surface area (Å²) in [5, 5.41) is 8.13. The van der Waals surface area contributed by atoms with Gasteiger partial charge in [-0.1, -0.05) is 0 Å². The highest BCUT2D eigenvalue weighted by atomic mass is 32.2. The predicted octanol–water partition coefficient (Wildman–Crippen LogP) is 0.409. The molecule has 1 rings (SSSR count). The van der Waals surface area contributed by atoms with Crippen LogP contribution < -0.4 is 0 Å². The standard InChI is InChI=1S/C9H16N2O2S/c1-11-6-3-9(4-7-11)14(12,13)8-2-5-10/h9H,2-4,6-8H2,1H3. The Labute approximate surface area is 85.4 Å². The van der Waals surface area contributed by atoms with Crippen LogP contribution in [0.25, 0.3) is 0 Å². The Morgan fingerprint density at radius 1 is 1.43 bits per heavy atom. The topological polar surface area (TPSA) is 61.2 Å². The highest BCUT2D eigenvalue weighted by Crippen LogP contribution is 2.17. The number of rotatable bonds is 3. The molecule has 80 valence electrons. The summed E-state index contributed by atoms with van der Waals surface area (Å²) in [4.78, 5) is 2.14.